The standard InChI is InChI=1S/C18H19NO2/c1-3-19(4-2)18(21)16-12-8-11-15(13-16)17(20)14-9-6-5-7-10-14/h5-13H,3-4H2,1-2H3. The van der Waals surface area contributed by atoms with E-state index in [0.29, 0.717) is 29.8 Å². The maximum absolute atomic E-state index is 12.4. The van der Waals surface area contributed by atoms with E-state index in [1.807, 2.05) is 32.0 Å². The Labute approximate surface area is 125 Å². The molecule has 0 N–H and O–H groups in total. The average molecular weight is 281 g/mol. The number of hydrogen-bond donors (Lipinski definition) is 0. The molecule has 0 aliphatic heterocycles. The first-order valence-corrected chi connectivity index (χ1v) is 7.16. The number of ketones is 1. The summed E-state index contributed by atoms with van der Waals surface area (Å²) in [5.41, 5.74) is 1.73. The van der Waals surface area contributed by atoms with E-state index >= 15 is 0 Å². The first-order valence-electron chi connectivity index (χ1n) is 7.16. The van der Waals surface area contributed by atoms with Gasteiger partial charge in [-0.3, -0.25) is 9.59 Å². The van der Waals surface area contributed by atoms with Gasteiger partial charge in [0.15, 0.2) is 5.78 Å². The lowest BCUT2D eigenvalue weighted by atomic mass is 10.0. The SMILES string of the molecule is CCN(CC)C(=O)c1cccc(C(=O)c2ccccc2)c1. The van der Waals surface area contributed by atoms with Crippen molar-refractivity contribution in [3.8, 4) is 0 Å². The molecule has 0 saturated carbocycles. The van der Waals surface area contributed by atoms with Gasteiger partial charge in [0.2, 0.25) is 0 Å². The smallest absolute Gasteiger partial charge is 0.253 e. The Morgan fingerprint density at radius 1 is 0.810 bits per heavy atom. The maximum Gasteiger partial charge on any atom is 0.253 e. The minimum Gasteiger partial charge on any atom is -0.339 e. The second-order valence-electron chi connectivity index (χ2n) is 4.75. The average Bonchev–Trinajstić information content (AvgIpc) is 2.56. The van der Waals surface area contributed by atoms with Crippen LogP contribution in [0.1, 0.15) is 40.1 Å². The quantitative estimate of drug-likeness (QED) is 0.788. The van der Waals surface area contributed by atoms with Crippen LogP contribution in [0.3, 0.4) is 0 Å². The third-order valence-electron chi connectivity index (χ3n) is 3.46. The number of hydrogen-bond acceptors (Lipinski definition) is 2. The molecule has 3 nitrogen and oxygen atoms in total. The van der Waals surface area contributed by atoms with E-state index in [2.05, 4.69) is 0 Å². The summed E-state index contributed by atoms with van der Waals surface area (Å²) in [5, 5.41) is 0. The summed E-state index contributed by atoms with van der Waals surface area (Å²) in [4.78, 5) is 26.5. The van der Waals surface area contributed by atoms with Gasteiger partial charge >= 0.3 is 0 Å². The summed E-state index contributed by atoms with van der Waals surface area (Å²) >= 11 is 0. The van der Waals surface area contributed by atoms with Crippen LogP contribution in [0.25, 0.3) is 0 Å². The summed E-state index contributed by atoms with van der Waals surface area (Å²) in [6.45, 7) is 5.21. The van der Waals surface area contributed by atoms with Crippen molar-refractivity contribution in [2.45, 2.75) is 13.8 Å². The van der Waals surface area contributed by atoms with Crippen molar-refractivity contribution in [3.63, 3.8) is 0 Å². The molecular formula is C18H19NO2. The first kappa shape index (κ1) is 15.0. The molecule has 0 heterocycles. The highest BCUT2D eigenvalue weighted by Crippen LogP contribution is 2.13. The Hall–Kier alpha value is -2.42. The molecule has 1 amide bonds. The lowest BCUT2D eigenvalue weighted by molar-refractivity contribution is 0.0773. The van der Waals surface area contributed by atoms with Gasteiger partial charge in [0.25, 0.3) is 5.91 Å². The third-order valence-corrected chi connectivity index (χ3v) is 3.46. The van der Waals surface area contributed by atoms with Crippen molar-refractivity contribution in [2.75, 3.05) is 13.1 Å². The Balaban J connectivity index is 2.30. The molecule has 3 heteroatoms. The first-order chi connectivity index (χ1) is 10.2. The molecule has 0 saturated heterocycles. The number of rotatable bonds is 5. The van der Waals surface area contributed by atoms with Crippen LogP contribution in [0.2, 0.25) is 0 Å². The highest BCUT2D eigenvalue weighted by molar-refractivity contribution is 6.10. The zero-order chi connectivity index (χ0) is 15.2. The van der Waals surface area contributed by atoms with E-state index in [4.69, 9.17) is 0 Å². The van der Waals surface area contributed by atoms with Gasteiger partial charge in [-0.1, -0.05) is 42.5 Å². The lowest BCUT2D eigenvalue weighted by Crippen LogP contribution is -2.30. The van der Waals surface area contributed by atoms with Crippen LogP contribution in [0, 0.1) is 0 Å². The topological polar surface area (TPSA) is 37.4 Å². The summed E-state index contributed by atoms with van der Waals surface area (Å²) in [6.07, 6.45) is 0. The third kappa shape index (κ3) is 3.37. The van der Waals surface area contributed by atoms with Crippen molar-refractivity contribution in [2.24, 2.45) is 0 Å². The molecule has 0 aromatic heterocycles. The second kappa shape index (κ2) is 6.84. The second-order valence-corrected chi connectivity index (χ2v) is 4.75. The summed E-state index contributed by atoms with van der Waals surface area (Å²) < 4.78 is 0. The van der Waals surface area contributed by atoms with Crippen LogP contribution in [0.5, 0.6) is 0 Å². The van der Waals surface area contributed by atoms with E-state index in [9.17, 15) is 9.59 Å². The highest BCUT2D eigenvalue weighted by Gasteiger charge is 2.15. The molecule has 0 aliphatic rings. The van der Waals surface area contributed by atoms with Crippen LogP contribution in [0.4, 0.5) is 0 Å². The molecular weight excluding hydrogens is 262 g/mol. The molecule has 0 bridgehead atoms. The molecule has 0 fully saturated rings. The number of benzene rings is 2. The molecule has 2 rings (SSSR count). The molecule has 0 atom stereocenters. The Kier molecular flexibility index (Phi) is 4.88. The van der Waals surface area contributed by atoms with Crippen LogP contribution in [-0.4, -0.2) is 29.7 Å². The van der Waals surface area contributed by atoms with Gasteiger partial charge in [0, 0.05) is 29.8 Å². The maximum atomic E-state index is 12.4. The summed E-state index contributed by atoms with van der Waals surface area (Å²) in [7, 11) is 0. The predicted octanol–water partition coefficient (Wildman–Crippen LogP) is 3.40. The fourth-order valence-corrected chi connectivity index (χ4v) is 2.24. The van der Waals surface area contributed by atoms with Crippen molar-refractivity contribution < 1.29 is 9.59 Å². The molecule has 0 radical (unpaired) electrons. The van der Waals surface area contributed by atoms with Gasteiger partial charge in [-0.15, -0.1) is 0 Å². The van der Waals surface area contributed by atoms with Gasteiger partial charge in [-0.25, -0.2) is 0 Å². The highest BCUT2D eigenvalue weighted by atomic mass is 16.2. The van der Waals surface area contributed by atoms with Crippen molar-refractivity contribution in [1.82, 2.24) is 4.90 Å². The van der Waals surface area contributed by atoms with E-state index in [0.717, 1.165) is 0 Å². The zero-order valence-corrected chi connectivity index (χ0v) is 12.4. The van der Waals surface area contributed by atoms with Gasteiger partial charge < -0.3 is 4.90 Å². The fraction of sp³-hybridized carbons (Fsp3) is 0.222. The van der Waals surface area contributed by atoms with Gasteiger partial charge in [-0.05, 0) is 26.0 Å². The van der Waals surface area contributed by atoms with Crippen LogP contribution in [0.15, 0.2) is 54.6 Å². The predicted molar refractivity (Wildman–Crippen MR) is 83.6 cm³/mol. The number of nitrogens with zero attached hydrogens (tertiary/aromatic N) is 1. The molecule has 0 aliphatic carbocycles. The molecule has 21 heavy (non-hydrogen) atoms. The molecule has 0 unspecified atom stereocenters. The molecule has 2 aromatic carbocycles. The van der Waals surface area contributed by atoms with Gasteiger partial charge in [0.1, 0.15) is 0 Å². The largest absolute Gasteiger partial charge is 0.339 e. The minimum absolute atomic E-state index is 0.0392. The van der Waals surface area contributed by atoms with Gasteiger partial charge in [0.05, 0.1) is 0 Å². The Bertz CT molecular complexity index is 631. The van der Waals surface area contributed by atoms with Crippen LogP contribution in [-0.2, 0) is 0 Å². The van der Waals surface area contributed by atoms with E-state index in [-0.39, 0.29) is 11.7 Å². The molecule has 108 valence electrons. The molecule has 0 spiro atoms. The van der Waals surface area contributed by atoms with Crippen LogP contribution >= 0.6 is 0 Å². The Morgan fingerprint density at radius 2 is 1.38 bits per heavy atom. The van der Waals surface area contributed by atoms with Crippen molar-refractivity contribution in [1.29, 1.82) is 0 Å². The number of carbonyl (C=O) groups excluding carboxylic acids is 2. The zero-order valence-electron chi connectivity index (χ0n) is 12.4. The summed E-state index contributed by atoms with van der Waals surface area (Å²) in [6, 6.07) is 16.0. The fourth-order valence-electron chi connectivity index (χ4n) is 2.24. The monoisotopic (exact) mass is 281 g/mol. The minimum atomic E-state index is -0.0650. The molecule has 2 aromatic rings. The van der Waals surface area contributed by atoms with Crippen molar-refractivity contribution in [3.05, 3.63) is 71.3 Å². The number of carbonyl (C=O) groups is 2. The van der Waals surface area contributed by atoms with E-state index < -0.39 is 0 Å². The Morgan fingerprint density at radius 3 is 2.00 bits per heavy atom. The lowest BCUT2D eigenvalue weighted by Gasteiger charge is -2.18. The number of amides is 1. The van der Waals surface area contributed by atoms with Gasteiger partial charge in [-0.2, -0.15) is 0 Å². The van der Waals surface area contributed by atoms with E-state index in [1.165, 1.54) is 0 Å². The van der Waals surface area contributed by atoms with Crippen molar-refractivity contribution >= 4 is 11.7 Å². The van der Waals surface area contributed by atoms with E-state index in [1.54, 1.807) is 41.3 Å². The normalized spacial score (nSPS) is 10.2. The summed E-state index contributed by atoms with van der Waals surface area (Å²) in [5.74, 6) is -0.104. The van der Waals surface area contributed by atoms with Crippen LogP contribution < -0.4 is 0 Å².